The van der Waals surface area contributed by atoms with Gasteiger partial charge in [0, 0.05) is 5.56 Å². The Labute approximate surface area is 130 Å². The van der Waals surface area contributed by atoms with Crippen molar-refractivity contribution in [2.24, 2.45) is 5.73 Å². The van der Waals surface area contributed by atoms with Crippen molar-refractivity contribution in [2.75, 3.05) is 6.61 Å². The van der Waals surface area contributed by atoms with E-state index in [4.69, 9.17) is 15.0 Å². The second kappa shape index (κ2) is 6.21. The van der Waals surface area contributed by atoms with Gasteiger partial charge in [0.2, 0.25) is 0 Å². The fourth-order valence-corrected chi connectivity index (χ4v) is 1.98. The summed E-state index contributed by atoms with van der Waals surface area (Å²) in [6.07, 6.45) is 0.0623. The molecule has 0 spiro atoms. The van der Waals surface area contributed by atoms with Crippen LogP contribution in [0.25, 0.3) is 11.5 Å². The lowest BCUT2D eigenvalue weighted by Gasteiger charge is -2.21. The van der Waals surface area contributed by atoms with Crippen LogP contribution in [0.15, 0.2) is 27.2 Å². The van der Waals surface area contributed by atoms with Crippen LogP contribution in [-0.2, 0) is 10.3 Å². The quantitative estimate of drug-likeness (QED) is 0.888. The number of nitrogens with zero attached hydrogens (tertiary/aromatic N) is 2. The Morgan fingerprint density at radius 1 is 1.48 bits per heavy atom. The highest BCUT2D eigenvalue weighted by molar-refractivity contribution is 9.10. The lowest BCUT2D eigenvalue weighted by molar-refractivity contribution is 0.0410. The average molecular weight is 358 g/mol. The van der Waals surface area contributed by atoms with Crippen LogP contribution >= 0.6 is 15.9 Å². The molecule has 0 saturated carbocycles. The first-order valence-corrected chi connectivity index (χ1v) is 7.29. The normalized spacial score (nSPS) is 14.4. The molecule has 1 unspecified atom stereocenters. The summed E-state index contributed by atoms with van der Waals surface area (Å²) < 4.78 is 24.3. The van der Waals surface area contributed by atoms with E-state index in [1.54, 1.807) is 19.1 Å². The number of hydrogen-bond acceptors (Lipinski definition) is 5. The Balaban J connectivity index is 2.22. The van der Waals surface area contributed by atoms with E-state index in [0.29, 0.717) is 15.9 Å². The number of rotatable bonds is 5. The minimum Gasteiger partial charge on any atom is -0.376 e. The number of aromatic nitrogens is 2. The lowest BCUT2D eigenvalue weighted by atomic mass is 10.1. The average Bonchev–Trinajstić information content (AvgIpc) is 2.90. The minimum absolute atomic E-state index is 0.0623. The van der Waals surface area contributed by atoms with E-state index in [1.807, 2.05) is 13.8 Å². The molecule has 1 aromatic carbocycles. The maximum Gasteiger partial charge on any atom is 0.258 e. The summed E-state index contributed by atoms with van der Waals surface area (Å²) in [6, 6.07) is 4.47. The topological polar surface area (TPSA) is 74.2 Å². The molecule has 0 aliphatic rings. The number of ether oxygens (including phenoxy) is 1. The molecule has 0 aliphatic carbocycles. The largest absolute Gasteiger partial charge is 0.376 e. The molecule has 1 atom stereocenters. The van der Waals surface area contributed by atoms with Crippen LogP contribution in [0.3, 0.4) is 0 Å². The SMILES string of the molecule is CC(C)OCC(C)(N)c1noc(-c2ccc(F)c(Br)c2)n1. The zero-order valence-electron chi connectivity index (χ0n) is 12.1. The third-order valence-corrected chi connectivity index (χ3v) is 3.43. The van der Waals surface area contributed by atoms with Gasteiger partial charge in [-0.3, -0.25) is 0 Å². The van der Waals surface area contributed by atoms with Gasteiger partial charge >= 0.3 is 0 Å². The van der Waals surface area contributed by atoms with Crippen LogP contribution in [0.4, 0.5) is 4.39 Å². The zero-order valence-corrected chi connectivity index (χ0v) is 13.6. The van der Waals surface area contributed by atoms with Gasteiger partial charge < -0.3 is 15.0 Å². The first kappa shape index (κ1) is 16.1. The maximum atomic E-state index is 13.2. The smallest absolute Gasteiger partial charge is 0.258 e. The summed E-state index contributed by atoms with van der Waals surface area (Å²) in [5.41, 5.74) is 5.91. The van der Waals surface area contributed by atoms with Crippen molar-refractivity contribution < 1.29 is 13.7 Å². The molecular weight excluding hydrogens is 341 g/mol. The molecule has 0 amide bonds. The molecule has 1 heterocycles. The standard InChI is InChI=1S/C14H17BrFN3O2/c1-8(2)20-7-14(3,17)13-18-12(21-19-13)9-4-5-11(16)10(15)6-9/h4-6,8H,7,17H2,1-3H3. The van der Waals surface area contributed by atoms with E-state index in [-0.39, 0.29) is 24.4 Å². The maximum absolute atomic E-state index is 13.2. The molecule has 0 radical (unpaired) electrons. The first-order chi connectivity index (χ1) is 9.79. The van der Waals surface area contributed by atoms with Gasteiger partial charge in [-0.15, -0.1) is 0 Å². The van der Waals surface area contributed by atoms with Gasteiger partial charge in [0.15, 0.2) is 5.82 Å². The van der Waals surface area contributed by atoms with E-state index in [1.165, 1.54) is 6.07 Å². The Kier molecular flexibility index (Phi) is 4.75. The molecule has 2 aromatic rings. The number of hydrogen-bond donors (Lipinski definition) is 1. The predicted octanol–water partition coefficient (Wildman–Crippen LogP) is 3.24. The molecule has 0 bridgehead atoms. The summed E-state index contributed by atoms with van der Waals surface area (Å²) in [5.74, 6) is 0.276. The fraction of sp³-hybridized carbons (Fsp3) is 0.429. The summed E-state index contributed by atoms with van der Waals surface area (Å²) in [7, 11) is 0. The van der Waals surface area contributed by atoms with Crippen LogP contribution in [0, 0.1) is 5.82 Å². The Bertz CT molecular complexity index is 628. The second-order valence-corrected chi connectivity index (χ2v) is 6.18. The molecule has 7 heteroatoms. The van der Waals surface area contributed by atoms with Crippen LogP contribution in [-0.4, -0.2) is 22.9 Å². The molecule has 21 heavy (non-hydrogen) atoms. The molecule has 0 aliphatic heterocycles. The molecule has 1 aromatic heterocycles. The zero-order chi connectivity index (χ0) is 15.6. The predicted molar refractivity (Wildman–Crippen MR) is 80.0 cm³/mol. The lowest BCUT2D eigenvalue weighted by Crippen LogP contribution is -2.40. The van der Waals surface area contributed by atoms with Crippen LogP contribution < -0.4 is 5.73 Å². The van der Waals surface area contributed by atoms with E-state index < -0.39 is 5.54 Å². The second-order valence-electron chi connectivity index (χ2n) is 5.33. The Hall–Kier alpha value is -1.31. The van der Waals surface area contributed by atoms with Crippen molar-refractivity contribution in [1.29, 1.82) is 0 Å². The van der Waals surface area contributed by atoms with Crippen molar-refractivity contribution >= 4 is 15.9 Å². The Morgan fingerprint density at radius 3 is 2.81 bits per heavy atom. The van der Waals surface area contributed by atoms with E-state index in [9.17, 15) is 4.39 Å². The van der Waals surface area contributed by atoms with Gasteiger partial charge in [0.25, 0.3) is 5.89 Å². The van der Waals surface area contributed by atoms with E-state index >= 15 is 0 Å². The highest BCUT2D eigenvalue weighted by Crippen LogP contribution is 2.25. The van der Waals surface area contributed by atoms with Crippen molar-refractivity contribution in [3.63, 3.8) is 0 Å². The van der Waals surface area contributed by atoms with Crippen molar-refractivity contribution in [3.05, 3.63) is 34.3 Å². The van der Waals surface area contributed by atoms with Crippen molar-refractivity contribution in [3.8, 4) is 11.5 Å². The molecular formula is C14H17BrFN3O2. The Morgan fingerprint density at radius 2 is 2.19 bits per heavy atom. The van der Waals surface area contributed by atoms with Crippen LogP contribution in [0.5, 0.6) is 0 Å². The first-order valence-electron chi connectivity index (χ1n) is 6.49. The third-order valence-electron chi connectivity index (χ3n) is 2.82. The highest BCUT2D eigenvalue weighted by atomic mass is 79.9. The molecule has 114 valence electrons. The molecule has 0 fully saturated rings. The van der Waals surface area contributed by atoms with Gasteiger partial charge in [-0.2, -0.15) is 4.98 Å². The molecule has 5 nitrogen and oxygen atoms in total. The van der Waals surface area contributed by atoms with Gasteiger partial charge in [0.05, 0.1) is 17.2 Å². The summed E-state index contributed by atoms with van der Waals surface area (Å²) >= 11 is 3.12. The molecule has 0 saturated heterocycles. The van der Waals surface area contributed by atoms with Gasteiger partial charge in [-0.25, -0.2) is 4.39 Å². The van der Waals surface area contributed by atoms with Crippen molar-refractivity contribution in [2.45, 2.75) is 32.4 Å². The highest BCUT2D eigenvalue weighted by Gasteiger charge is 2.28. The summed E-state index contributed by atoms with van der Waals surface area (Å²) in [6.45, 7) is 5.89. The van der Waals surface area contributed by atoms with Crippen LogP contribution in [0.1, 0.15) is 26.6 Å². The number of halogens is 2. The third kappa shape index (κ3) is 3.87. The van der Waals surface area contributed by atoms with Crippen molar-refractivity contribution in [1.82, 2.24) is 10.1 Å². The van der Waals surface area contributed by atoms with Gasteiger partial charge in [-0.1, -0.05) is 5.16 Å². The van der Waals surface area contributed by atoms with Gasteiger partial charge in [-0.05, 0) is 54.9 Å². The number of benzene rings is 1. The minimum atomic E-state index is -0.858. The monoisotopic (exact) mass is 357 g/mol. The molecule has 2 N–H and O–H groups in total. The van der Waals surface area contributed by atoms with Crippen LogP contribution in [0.2, 0.25) is 0 Å². The fourth-order valence-electron chi connectivity index (χ4n) is 1.61. The van der Waals surface area contributed by atoms with Gasteiger partial charge in [0.1, 0.15) is 11.4 Å². The van der Waals surface area contributed by atoms with E-state index in [2.05, 4.69) is 26.1 Å². The van der Waals surface area contributed by atoms with E-state index in [0.717, 1.165) is 0 Å². The molecule has 2 rings (SSSR count). The summed E-state index contributed by atoms with van der Waals surface area (Å²) in [4.78, 5) is 4.27. The number of nitrogens with two attached hydrogens (primary N) is 1. The summed E-state index contributed by atoms with van der Waals surface area (Å²) in [5, 5.41) is 3.89.